The lowest BCUT2D eigenvalue weighted by molar-refractivity contribution is 0.0600. The molecular weight excluding hydrogens is 330 g/mol. The van der Waals surface area contributed by atoms with Crippen LogP contribution in [0.15, 0.2) is 42.6 Å². The fourth-order valence-corrected chi connectivity index (χ4v) is 3.22. The number of nitrogens with one attached hydrogen (secondary N) is 1. The largest absolute Gasteiger partial charge is 0.465 e. The summed E-state index contributed by atoms with van der Waals surface area (Å²) in [5.41, 5.74) is 2.76. The predicted octanol–water partition coefficient (Wildman–Crippen LogP) is 2.12. The molecule has 1 aliphatic heterocycles. The van der Waals surface area contributed by atoms with Crippen LogP contribution in [0.1, 0.15) is 34.3 Å². The molecule has 3 rings (SSSR count). The number of carbonyl (C=O) groups excluding carboxylic acids is 1. The molecule has 138 valence electrons. The van der Waals surface area contributed by atoms with Gasteiger partial charge in [-0.15, -0.1) is 0 Å². The van der Waals surface area contributed by atoms with Gasteiger partial charge >= 0.3 is 5.97 Å². The molecule has 2 N–H and O–H groups in total. The first-order valence-electron chi connectivity index (χ1n) is 8.92. The number of carbonyl (C=O) groups is 1. The molecule has 1 fully saturated rings. The summed E-state index contributed by atoms with van der Waals surface area (Å²) in [5, 5.41) is 13.3. The van der Waals surface area contributed by atoms with Crippen LogP contribution >= 0.6 is 0 Å². The number of hydrogen-bond donors (Lipinski definition) is 2. The van der Waals surface area contributed by atoms with Crippen molar-refractivity contribution in [1.29, 1.82) is 0 Å². The zero-order valence-corrected chi connectivity index (χ0v) is 15.0. The summed E-state index contributed by atoms with van der Waals surface area (Å²) in [7, 11) is 1.38. The lowest BCUT2D eigenvalue weighted by Gasteiger charge is -2.32. The molecule has 6 heteroatoms. The van der Waals surface area contributed by atoms with E-state index in [4.69, 9.17) is 4.74 Å². The van der Waals surface area contributed by atoms with Gasteiger partial charge in [0.2, 0.25) is 0 Å². The third-order valence-corrected chi connectivity index (χ3v) is 4.58. The van der Waals surface area contributed by atoms with Crippen molar-refractivity contribution >= 4 is 11.8 Å². The maximum Gasteiger partial charge on any atom is 0.337 e. The van der Waals surface area contributed by atoms with Crippen molar-refractivity contribution in [3.63, 3.8) is 0 Å². The fourth-order valence-electron chi connectivity index (χ4n) is 3.22. The number of pyridine rings is 1. The van der Waals surface area contributed by atoms with Crippen LogP contribution in [-0.2, 0) is 17.8 Å². The molecule has 6 nitrogen and oxygen atoms in total. The van der Waals surface area contributed by atoms with Crippen LogP contribution in [0, 0.1) is 0 Å². The van der Waals surface area contributed by atoms with Crippen LogP contribution in [0.4, 0.5) is 5.82 Å². The Balaban J connectivity index is 1.59. The molecule has 1 atom stereocenters. The summed E-state index contributed by atoms with van der Waals surface area (Å²) in [6, 6.07) is 11.4. The minimum atomic E-state index is -0.326. The number of aromatic nitrogens is 1. The van der Waals surface area contributed by atoms with E-state index in [0.29, 0.717) is 25.2 Å². The molecule has 0 aliphatic carbocycles. The molecule has 1 aromatic carbocycles. The number of hydrogen-bond acceptors (Lipinski definition) is 6. The van der Waals surface area contributed by atoms with E-state index in [1.165, 1.54) is 7.11 Å². The van der Waals surface area contributed by atoms with Gasteiger partial charge in [0, 0.05) is 37.9 Å². The minimum absolute atomic E-state index is 0.278. The third kappa shape index (κ3) is 4.59. The average molecular weight is 355 g/mol. The molecular formula is C20H25N3O3. The van der Waals surface area contributed by atoms with E-state index in [1.54, 1.807) is 18.3 Å². The normalized spacial score (nSPS) is 17.2. The Morgan fingerprint density at radius 3 is 2.85 bits per heavy atom. The van der Waals surface area contributed by atoms with Gasteiger partial charge in [-0.2, -0.15) is 0 Å². The number of aliphatic hydroxyl groups is 1. The van der Waals surface area contributed by atoms with Gasteiger partial charge in [0.25, 0.3) is 0 Å². The van der Waals surface area contributed by atoms with E-state index in [1.807, 2.05) is 18.2 Å². The van der Waals surface area contributed by atoms with Crippen molar-refractivity contribution < 1.29 is 14.6 Å². The van der Waals surface area contributed by atoms with Crippen LogP contribution in [0.5, 0.6) is 0 Å². The van der Waals surface area contributed by atoms with E-state index in [2.05, 4.69) is 21.3 Å². The number of piperidine rings is 1. The molecule has 0 amide bonds. The zero-order valence-electron chi connectivity index (χ0n) is 15.0. The predicted molar refractivity (Wildman–Crippen MR) is 100 cm³/mol. The monoisotopic (exact) mass is 355 g/mol. The maximum absolute atomic E-state index is 11.5. The highest BCUT2D eigenvalue weighted by Crippen LogP contribution is 2.21. The topological polar surface area (TPSA) is 74.7 Å². The second-order valence-electron chi connectivity index (χ2n) is 6.52. The Bertz CT molecular complexity index is 733. The Morgan fingerprint density at radius 2 is 2.12 bits per heavy atom. The highest BCUT2D eigenvalue weighted by atomic mass is 16.5. The van der Waals surface area contributed by atoms with E-state index in [9.17, 15) is 9.90 Å². The molecule has 1 saturated heterocycles. The number of β-amino-alcohol motifs (C(OH)–C–C–N with tert-alkyl or cyclic N) is 1. The highest BCUT2D eigenvalue weighted by molar-refractivity contribution is 5.89. The zero-order chi connectivity index (χ0) is 18.4. The number of rotatable bonds is 6. The van der Waals surface area contributed by atoms with Crippen LogP contribution in [0.2, 0.25) is 0 Å². The van der Waals surface area contributed by atoms with Crippen LogP contribution < -0.4 is 10.2 Å². The molecule has 26 heavy (non-hydrogen) atoms. The second kappa shape index (κ2) is 8.78. The van der Waals surface area contributed by atoms with Gasteiger partial charge in [-0.1, -0.05) is 18.2 Å². The SMILES string of the molecule is COC(=O)c1ccc(CNCc2cccnc2N2CCCC(O)C2)cc1. The number of benzene rings is 1. The summed E-state index contributed by atoms with van der Waals surface area (Å²) >= 11 is 0. The van der Waals surface area contributed by atoms with Gasteiger partial charge < -0.3 is 20.1 Å². The molecule has 2 heterocycles. The van der Waals surface area contributed by atoms with Gasteiger partial charge in [0.1, 0.15) is 5.82 Å². The highest BCUT2D eigenvalue weighted by Gasteiger charge is 2.20. The van der Waals surface area contributed by atoms with Crippen molar-refractivity contribution in [2.45, 2.75) is 32.0 Å². The van der Waals surface area contributed by atoms with Gasteiger partial charge in [0.05, 0.1) is 18.8 Å². The number of ether oxygens (including phenoxy) is 1. The van der Waals surface area contributed by atoms with E-state index in [-0.39, 0.29) is 12.1 Å². The molecule has 0 saturated carbocycles. The Kier molecular flexibility index (Phi) is 6.20. The maximum atomic E-state index is 11.5. The second-order valence-corrected chi connectivity index (χ2v) is 6.52. The van der Waals surface area contributed by atoms with Crippen molar-refractivity contribution in [1.82, 2.24) is 10.3 Å². The molecule has 2 aromatic rings. The number of anilines is 1. The molecule has 1 aliphatic rings. The lowest BCUT2D eigenvalue weighted by atomic mass is 10.1. The molecule has 0 spiro atoms. The standard InChI is InChI=1S/C20H25N3O3/c1-26-20(25)16-8-6-15(7-9-16)12-21-13-17-4-2-10-22-19(17)23-11-3-5-18(24)14-23/h2,4,6-10,18,21,24H,3,5,11-14H2,1H3. The quantitative estimate of drug-likeness (QED) is 0.773. The average Bonchev–Trinajstić information content (AvgIpc) is 2.68. The van der Waals surface area contributed by atoms with Crippen molar-refractivity contribution in [2.24, 2.45) is 0 Å². The Labute approximate surface area is 153 Å². The van der Waals surface area contributed by atoms with Crippen molar-refractivity contribution in [3.05, 3.63) is 59.3 Å². The minimum Gasteiger partial charge on any atom is -0.465 e. The van der Waals surface area contributed by atoms with Gasteiger partial charge in [-0.25, -0.2) is 9.78 Å². The smallest absolute Gasteiger partial charge is 0.337 e. The van der Waals surface area contributed by atoms with Crippen molar-refractivity contribution in [3.8, 4) is 0 Å². The number of esters is 1. The van der Waals surface area contributed by atoms with Crippen LogP contribution in [-0.4, -0.2) is 42.4 Å². The van der Waals surface area contributed by atoms with Gasteiger partial charge in [-0.05, 0) is 36.6 Å². The van der Waals surface area contributed by atoms with E-state index < -0.39 is 0 Å². The molecule has 1 unspecified atom stereocenters. The first-order valence-corrected chi connectivity index (χ1v) is 8.92. The van der Waals surface area contributed by atoms with E-state index >= 15 is 0 Å². The van der Waals surface area contributed by atoms with Crippen LogP contribution in [0.3, 0.4) is 0 Å². The number of methoxy groups -OCH3 is 1. The van der Waals surface area contributed by atoms with Crippen LogP contribution in [0.25, 0.3) is 0 Å². The first kappa shape index (κ1) is 18.4. The Morgan fingerprint density at radius 1 is 1.31 bits per heavy atom. The van der Waals surface area contributed by atoms with Gasteiger partial charge in [0.15, 0.2) is 0 Å². The lowest BCUT2D eigenvalue weighted by Crippen LogP contribution is -2.39. The molecule has 0 bridgehead atoms. The van der Waals surface area contributed by atoms with Gasteiger partial charge in [-0.3, -0.25) is 0 Å². The summed E-state index contributed by atoms with van der Waals surface area (Å²) in [6.45, 7) is 2.95. The summed E-state index contributed by atoms with van der Waals surface area (Å²) in [6.07, 6.45) is 3.36. The number of aliphatic hydroxyl groups excluding tert-OH is 1. The summed E-state index contributed by atoms with van der Waals surface area (Å²) < 4.78 is 4.71. The molecule has 1 aromatic heterocycles. The Hall–Kier alpha value is -2.44. The summed E-state index contributed by atoms with van der Waals surface area (Å²) in [5.74, 6) is 0.619. The van der Waals surface area contributed by atoms with E-state index in [0.717, 1.165) is 36.3 Å². The summed E-state index contributed by atoms with van der Waals surface area (Å²) in [4.78, 5) is 18.2. The first-order chi connectivity index (χ1) is 12.7. The number of nitrogens with zero attached hydrogens (tertiary/aromatic N) is 2. The molecule has 0 radical (unpaired) electrons. The fraction of sp³-hybridized carbons (Fsp3) is 0.400. The van der Waals surface area contributed by atoms with Crippen molar-refractivity contribution in [2.75, 3.05) is 25.1 Å². The third-order valence-electron chi connectivity index (χ3n) is 4.58.